The second-order valence-corrected chi connectivity index (χ2v) is 7.27. The number of phenolic OH excluding ortho intramolecular Hbond substituents is 1. The molecule has 29 heavy (non-hydrogen) atoms. The van der Waals surface area contributed by atoms with Gasteiger partial charge in [0.2, 0.25) is 0 Å². The summed E-state index contributed by atoms with van der Waals surface area (Å²) in [5.74, 6) is -1.48. The first-order valence-electron chi connectivity index (χ1n) is 10.7. The first kappa shape index (κ1) is 30.5. The van der Waals surface area contributed by atoms with Crippen molar-refractivity contribution < 1.29 is 19.4 Å². The van der Waals surface area contributed by atoms with Gasteiger partial charge in [-0.05, 0) is 18.6 Å². The number of esters is 2. The topological polar surface area (TPSA) is 63.6 Å². The minimum absolute atomic E-state index is 0. The SMILES string of the molecule is CCCCCCCCCCCCCCCC(=O)OC(=O)c1ccccc1O.[LiH].[LiH]. The van der Waals surface area contributed by atoms with E-state index >= 15 is 0 Å². The molecule has 0 saturated carbocycles. The zero-order valence-electron chi connectivity index (χ0n) is 16.9. The molecule has 0 atom stereocenters. The van der Waals surface area contributed by atoms with Gasteiger partial charge in [0.25, 0.3) is 0 Å². The Morgan fingerprint density at radius 2 is 1.21 bits per heavy atom. The van der Waals surface area contributed by atoms with Gasteiger partial charge in [-0.25, -0.2) is 4.79 Å². The van der Waals surface area contributed by atoms with E-state index in [1.54, 1.807) is 12.1 Å². The minimum atomic E-state index is -0.784. The molecule has 0 fully saturated rings. The van der Waals surface area contributed by atoms with E-state index in [1.165, 1.54) is 76.3 Å². The van der Waals surface area contributed by atoms with Crippen LogP contribution in [0, 0.1) is 0 Å². The number of unbranched alkanes of at least 4 members (excludes halogenated alkanes) is 12. The van der Waals surface area contributed by atoms with Crippen LogP contribution >= 0.6 is 0 Å². The molecule has 1 rings (SSSR count). The fourth-order valence-electron chi connectivity index (χ4n) is 3.14. The first-order valence-corrected chi connectivity index (χ1v) is 10.7. The Kier molecular flexibility index (Phi) is 21.7. The van der Waals surface area contributed by atoms with E-state index in [9.17, 15) is 14.7 Å². The molecule has 0 aliphatic carbocycles. The molecule has 4 nitrogen and oxygen atoms in total. The van der Waals surface area contributed by atoms with Crippen LogP contribution in [-0.2, 0) is 9.53 Å². The number of carbonyl (C=O) groups excluding carboxylic acids is 2. The van der Waals surface area contributed by atoms with Crippen molar-refractivity contribution in [2.24, 2.45) is 0 Å². The summed E-state index contributed by atoms with van der Waals surface area (Å²) < 4.78 is 4.79. The number of ether oxygens (including phenoxy) is 1. The third-order valence-corrected chi connectivity index (χ3v) is 4.81. The molecule has 0 saturated heterocycles. The van der Waals surface area contributed by atoms with Crippen molar-refractivity contribution >= 4 is 49.7 Å². The monoisotopic (exact) mass is 392 g/mol. The predicted octanol–water partition coefficient (Wildman–Crippen LogP) is 5.26. The van der Waals surface area contributed by atoms with Crippen LogP contribution in [0.2, 0.25) is 0 Å². The Hall–Kier alpha value is -0.645. The Morgan fingerprint density at radius 3 is 1.69 bits per heavy atom. The summed E-state index contributed by atoms with van der Waals surface area (Å²) in [6, 6.07) is 6.07. The van der Waals surface area contributed by atoms with E-state index in [-0.39, 0.29) is 55.5 Å². The van der Waals surface area contributed by atoms with Gasteiger partial charge < -0.3 is 9.84 Å². The summed E-state index contributed by atoms with van der Waals surface area (Å²) >= 11 is 0. The molecule has 0 spiro atoms. The van der Waals surface area contributed by atoms with Gasteiger partial charge in [-0.15, -0.1) is 0 Å². The molecule has 1 N–H and O–H groups in total. The summed E-state index contributed by atoms with van der Waals surface area (Å²) in [4.78, 5) is 23.5. The summed E-state index contributed by atoms with van der Waals surface area (Å²) in [7, 11) is 0. The maximum atomic E-state index is 11.8. The average molecular weight is 392 g/mol. The van der Waals surface area contributed by atoms with E-state index < -0.39 is 11.9 Å². The van der Waals surface area contributed by atoms with Gasteiger partial charge in [0.15, 0.2) is 0 Å². The first-order chi connectivity index (χ1) is 13.1. The average Bonchev–Trinajstić information content (AvgIpc) is 2.65. The van der Waals surface area contributed by atoms with Crippen LogP contribution in [0.1, 0.15) is 107 Å². The van der Waals surface area contributed by atoms with E-state index in [2.05, 4.69) is 6.92 Å². The summed E-state index contributed by atoms with van der Waals surface area (Å²) in [5.41, 5.74) is 0.0243. The fourth-order valence-corrected chi connectivity index (χ4v) is 3.14. The third kappa shape index (κ3) is 15.8. The van der Waals surface area contributed by atoms with Gasteiger partial charge in [0, 0.05) is 6.42 Å². The summed E-state index contributed by atoms with van der Waals surface area (Å²) in [5, 5.41) is 9.58. The number of hydrogen-bond acceptors (Lipinski definition) is 4. The van der Waals surface area contributed by atoms with Crippen LogP contribution in [-0.4, -0.2) is 54.8 Å². The maximum absolute atomic E-state index is 11.8. The number of aromatic hydroxyl groups is 1. The Balaban J connectivity index is 0. The number of rotatable bonds is 15. The van der Waals surface area contributed by atoms with Crippen molar-refractivity contribution in [3.05, 3.63) is 29.8 Å². The van der Waals surface area contributed by atoms with Crippen LogP contribution < -0.4 is 0 Å². The van der Waals surface area contributed by atoms with Crippen LogP contribution in [0.15, 0.2) is 24.3 Å². The number of para-hydroxylation sites is 1. The van der Waals surface area contributed by atoms with E-state index in [0.717, 1.165) is 19.3 Å². The van der Waals surface area contributed by atoms with Crippen LogP contribution in [0.25, 0.3) is 0 Å². The van der Waals surface area contributed by atoms with Gasteiger partial charge in [0.05, 0.1) is 0 Å². The summed E-state index contributed by atoms with van der Waals surface area (Å²) in [6.07, 6.45) is 16.4. The van der Waals surface area contributed by atoms with Crippen molar-refractivity contribution in [1.82, 2.24) is 0 Å². The normalized spacial score (nSPS) is 9.97. The molecule has 0 aliphatic rings. The van der Waals surface area contributed by atoms with E-state index in [1.807, 2.05) is 0 Å². The number of benzene rings is 1. The Labute approximate surface area is 200 Å². The third-order valence-electron chi connectivity index (χ3n) is 4.81. The molecule has 156 valence electrons. The van der Waals surface area contributed by atoms with Gasteiger partial charge in [0.1, 0.15) is 11.3 Å². The van der Waals surface area contributed by atoms with Crippen molar-refractivity contribution in [3.63, 3.8) is 0 Å². The molecule has 0 unspecified atom stereocenters. The second-order valence-electron chi connectivity index (χ2n) is 7.27. The van der Waals surface area contributed by atoms with Gasteiger partial charge >= 0.3 is 49.7 Å². The van der Waals surface area contributed by atoms with Gasteiger partial charge in [-0.2, -0.15) is 0 Å². The molecular weight excluding hydrogens is 354 g/mol. The molecule has 1 aromatic carbocycles. The molecule has 0 amide bonds. The molecule has 0 aromatic heterocycles. The van der Waals surface area contributed by atoms with Crippen molar-refractivity contribution in [3.8, 4) is 5.75 Å². The second kappa shape index (κ2) is 20.6. The van der Waals surface area contributed by atoms with Gasteiger partial charge in [-0.3, -0.25) is 4.79 Å². The van der Waals surface area contributed by atoms with Crippen LogP contribution in [0.5, 0.6) is 5.75 Å². The zero-order chi connectivity index (χ0) is 19.7. The van der Waals surface area contributed by atoms with E-state index in [0.29, 0.717) is 0 Å². The Morgan fingerprint density at radius 1 is 0.759 bits per heavy atom. The van der Waals surface area contributed by atoms with Gasteiger partial charge in [-0.1, -0.05) is 96.1 Å². The number of carbonyl (C=O) groups is 2. The molecule has 0 bridgehead atoms. The number of hydrogen-bond donors (Lipinski definition) is 1. The van der Waals surface area contributed by atoms with Crippen LogP contribution in [0.4, 0.5) is 0 Å². The fraction of sp³-hybridized carbons (Fsp3) is 0.652. The molecule has 0 heterocycles. The molecule has 0 radical (unpaired) electrons. The summed E-state index contributed by atoms with van der Waals surface area (Å²) in [6.45, 7) is 2.25. The van der Waals surface area contributed by atoms with Crippen molar-refractivity contribution in [2.75, 3.05) is 0 Å². The Bertz CT molecular complexity index is 549. The van der Waals surface area contributed by atoms with Crippen LogP contribution in [0.3, 0.4) is 0 Å². The van der Waals surface area contributed by atoms with Crippen molar-refractivity contribution in [1.29, 1.82) is 0 Å². The number of phenols is 1. The van der Waals surface area contributed by atoms with E-state index in [4.69, 9.17) is 4.74 Å². The molecule has 6 heteroatoms. The zero-order valence-corrected chi connectivity index (χ0v) is 16.9. The predicted molar refractivity (Wildman–Crippen MR) is 123 cm³/mol. The quantitative estimate of drug-likeness (QED) is 0.191. The molecule has 0 aliphatic heterocycles. The molecular formula is C23H38Li2O4. The molecule has 1 aromatic rings. The van der Waals surface area contributed by atoms with Crippen molar-refractivity contribution in [2.45, 2.75) is 96.8 Å². The standard InChI is InChI=1S/C23H36O4.2Li.2H/c1-2-3-4-5-6-7-8-9-10-11-12-13-14-19-22(25)27-23(26)20-17-15-16-18-21(20)24;;;;/h15-18,24H,2-14,19H2,1H3;;;;.